The van der Waals surface area contributed by atoms with Crippen molar-refractivity contribution < 1.29 is 22.7 Å². The first-order chi connectivity index (χ1) is 12.2. The van der Waals surface area contributed by atoms with Gasteiger partial charge in [0.1, 0.15) is 10.6 Å². The van der Waals surface area contributed by atoms with Gasteiger partial charge in [0.15, 0.2) is 0 Å². The highest BCUT2D eigenvalue weighted by atomic mass is 35.5. The van der Waals surface area contributed by atoms with Crippen LogP contribution in [0.2, 0.25) is 10.0 Å². The van der Waals surface area contributed by atoms with Crippen molar-refractivity contribution >= 4 is 56.2 Å². The molecule has 0 unspecified atom stereocenters. The molecule has 0 aliphatic rings. The smallest absolute Gasteiger partial charge is 0.416 e. The molecular weight excluding hydrogens is 410 g/mol. The standard InChI is InChI=1S/C17H10Cl2F3NO2S/c1-25-9-3-5-13-10(7-9)14(19)15(26-13)16(24)23-12-6-8(17(20,21)22)2-4-11(12)18/h2-7H,1H3,(H,23,24). The lowest BCUT2D eigenvalue weighted by molar-refractivity contribution is -0.137. The molecule has 0 spiro atoms. The van der Waals surface area contributed by atoms with E-state index < -0.39 is 17.6 Å². The number of hydrogen-bond donors (Lipinski definition) is 1. The second-order valence-corrected chi connectivity index (χ2v) is 7.09. The summed E-state index contributed by atoms with van der Waals surface area (Å²) in [5.74, 6) is -0.0681. The molecule has 3 rings (SSSR count). The molecule has 3 nitrogen and oxygen atoms in total. The van der Waals surface area contributed by atoms with E-state index in [2.05, 4.69) is 5.32 Å². The molecule has 1 heterocycles. The third kappa shape index (κ3) is 3.60. The van der Waals surface area contributed by atoms with Gasteiger partial charge < -0.3 is 10.1 Å². The Balaban J connectivity index is 1.96. The number of alkyl halides is 3. The monoisotopic (exact) mass is 419 g/mol. The van der Waals surface area contributed by atoms with Gasteiger partial charge in [0.2, 0.25) is 0 Å². The summed E-state index contributed by atoms with van der Waals surface area (Å²) in [5, 5.41) is 3.20. The van der Waals surface area contributed by atoms with E-state index in [9.17, 15) is 18.0 Å². The number of ether oxygens (including phenoxy) is 1. The summed E-state index contributed by atoms with van der Waals surface area (Å²) in [6.45, 7) is 0. The van der Waals surface area contributed by atoms with Gasteiger partial charge in [-0.3, -0.25) is 4.79 Å². The summed E-state index contributed by atoms with van der Waals surface area (Å²) in [5.41, 5.74) is -1.05. The molecule has 0 fully saturated rings. The van der Waals surface area contributed by atoms with Gasteiger partial charge in [0.25, 0.3) is 5.91 Å². The van der Waals surface area contributed by atoms with E-state index in [-0.39, 0.29) is 20.6 Å². The predicted molar refractivity (Wildman–Crippen MR) is 97.8 cm³/mol. The normalized spacial score (nSPS) is 11.6. The van der Waals surface area contributed by atoms with Crippen LogP contribution in [0.3, 0.4) is 0 Å². The molecule has 0 aliphatic heterocycles. The molecule has 0 aliphatic carbocycles. The Morgan fingerprint density at radius 3 is 2.54 bits per heavy atom. The van der Waals surface area contributed by atoms with Crippen LogP contribution >= 0.6 is 34.5 Å². The number of rotatable bonds is 3. The van der Waals surface area contributed by atoms with E-state index in [1.54, 1.807) is 18.2 Å². The van der Waals surface area contributed by atoms with Gasteiger partial charge in [0.05, 0.1) is 28.4 Å². The number of nitrogens with one attached hydrogen (secondary N) is 1. The summed E-state index contributed by atoms with van der Waals surface area (Å²) in [6.07, 6.45) is -4.55. The Hall–Kier alpha value is -1.96. The molecule has 0 atom stereocenters. The number of carbonyl (C=O) groups is 1. The lowest BCUT2D eigenvalue weighted by atomic mass is 10.2. The van der Waals surface area contributed by atoms with E-state index >= 15 is 0 Å². The predicted octanol–water partition coefficient (Wildman–Crippen LogP) is 6.49. The Bertz CT molecular complexity index is 1000. The van der Waals surface area contributed by atoms with Gasteiger partial charge in [-0.05, 0) is 36.4 Å². The number of benzene rings is 2. The van der Waals surface area contributed by atoms with Crippen LogP contribution < -0.4 is 10.1 Å². The van der Waals surface area contributed by atoms with Crippen LogP contribution in [0.1, 0.15) is 15.2 Å². The largest absolute Gasteiger partial charge is 0.497 e. The first-order valence-corrected chi connectivity index (χ1v) is 8.72. The van der Waals surface area contributed by atoms with Crippen molar-refractivity contribution in [1.82, 2.24) is 0 Å². The fraction of sp³-hybridized carbons (Fsp3) is 0.118. The Morgan fingerprint density at radius 1 is 1.15 bits per heavy atom. The number of amides is 1. The summed E-state index contributed by atoms with van der Waals surface area (Å²) in [7, 11) is 1.50. The van der Waals surface area contributed by atoms with Crippen LogP contribution in [0, 0.1) is 0 Å². The van der Waals surface area contributed by atoms with Crippen LogP contribution in [0.25, 0.3) is 10.1 Å². The van der Waals surface area contributed by atoms with Gasteiger partial charge in [-0.15, -0.1) is 11.3 Å². The average Bonchev–Trinajstić information content (AvgIpc) is 2.92. The lowest BCUT2D eigenvalue weighted by Gasteiger charge is -2.11. The van der Waals surface area contributed by atoms with E-state index in [1.807, 2.05) is 0 Å². The molecule has 1 aromatic heterocycles. The Kier molecular flexibility index (Phi) is 5.05. The molecule has 0 bridgehead atoms. The summed E-state index contributed by atoms with van der Waals surface area (Å²) >= 11 is 13.3. The number of thiophene rings is 1. The highest BCUT2D eigenvalue weighted by Crippen LogP contribution is 2.39. The quantitative estimate of drug-likeness (QED) is 0.526. The minimum atomic E-state index is -4.55. The topological polar surface area (TPSA) is 38.3 Å². The Morgan fingerprint density at radius 2 is 1.88 bits per heavy atom. The van der Waals surface area contributed by atoms with Crippen molar-refractivity contribution in [2.45, 2.75) is 6.18 Å². The molecule has 0 saturated carbocycles. The minimum Gasteiger partial charge on any atom is -0.497 e. The minimum absolute atomic E-state index is 0.00903. The number of methoxy groups -OCH3 is 1. The van der Waals surface area contributed by atoms with Crippen molar-refractivity contribution in [3.8, 4) is 5.75 Å². The van der Waals surface area contributed by atoms with E-state index in [0.29, 0.717) is 11.1 Å². The zero-order valence-electron chi connectivity index (χ0n) is 13.1. The zero-order valence-corrected chi connectivity index (χ0v) is 15.4. The fourth-order valence-electron chi connectivity index (χ4n) is 2.30. The summed E-state index contributed by atoms with van der Waals surface area (Å²) in [4.78, 5) is 12.7. The Labute approximate surface area is 160 Å². The molecule has 1 amide bonds. The first kappa shape index (κ1) is 18.8. The van der Waals surface area contributed by atoms with Gasteiger partial charge >= 0.3 is 6.18 Å². The maximum atomic E-state index is 12.8. The van der Waals surface area contributed by atoms with Crippen LogP contribution in [0.15, 0.2) is 36.4 Å². The van der Waals surface area contributed by atoms with E-state index in [1.165, 1.54) is 7.11 Å². The first-order valence-electron chi connectivity index (χ1n) is 7.15. The van der Waals surface area contributed by atoms with Crippen molar-refractivity contribution in [3.63, 3.8) is 0 Å². The molecule has 3 aromatic rings. The molecule has 9 heteroatoms. The van der Waals surface area contributed by atoms with Gasteiger partial charge in [-0.1, -0.05) is 23.2 Å². The highest BCUT2D eigenvalue weighted by molar-refractivity contribution is 7.21. The molecular formula is C17H10Cl2F3NO2S. The summed E-state index contributed by atoms with van der Waals surface area (Å²) < 4.78 is 44.4. The van der Waals surface area contributed by atoms with E-state index in [4.69, 9.17) is 27.9 Å². The molecule has 26 heavy (non-hydrogen) atoms. The van der Waals surface area contributed by atoms with Gasteiger partial charge in [0, 0.05) is 10.1 Å². The van der Waals surface area contributed by atoms with Crippen molar-refractivity contribution in [1.29, 1.82) is 0 Å². The van der Waals surface area contributed by atoms with Gasteiger partial charge in [-0.2, -0.15) is 13.2 Å². The SMILES string of the molecule is COc1ccc2sc(C(=O)Nc3cc(C(F)(F)F)ccc3Cl)c(Cl)c2c1. The molecule has 2 aromatic carbocycles. The summed E-state index contributed by atoms with van der Waals surface area (Å²) in [6, 6.07) is 7.86. The van der Waals surface area contributed by atoms with E-state index in [0.717, 1.165) is 34.2 Å². The van der Waals surface area contributed by atoms with Gasteiger partial charge in [-0.25, -0.2) is 0 Å². The zero-order chi connectivity index (χ0) is 19.1. The molecule has 0 saturated heterocycles. The van der Waals surface area contributed by atoms with Crippen LogP contribution in [0.4, 0.5) is 18.9 Å². The van der Waals surface area contributed by atoms with Crippen molar-refractivity contribution in [2.75, 3.05) is 12.4 Å². The average molecular weight is 420 g/mol. The third-order valence-electron chi connectivity index (χ3n) is 3.58. The number of anilines is 1. The third-order valence-corrected chi connectivity index (χ3v) is 5.59. The van der Waals surface area contributed by atoms with Crippen LogP contribution in [-0.2, 0) is 6.18 Å². The molecule has 1 N–H and O–H groups in total. The second-order valence-electron chi connectivity index (χ2n) is 5.25. The number of fused-ring (bicyclic) bond motifs is 1. The maximum absolute atomic E-state index is 12.8. The van der Waals surface area contributed by atoms with Crippen molar-refractivity contribution in [2.24, 2.45) is 0 Å². The maximum Gasteiger partial charge on any atom is 0.416 e. The highest BCUT2D eigenvalue weighted by Gasteiger charge is 2.31. The molecule has 136 valence electrons. The van der Waals surface area contributed by atoms with Crippen LogP contribution in [0.5, 0.6) is 5.75 Å². The van der Waals surface area contributed by atoms with Crippen LogP contribution in [-0.4, -0.2) is 13.0 Å². The fourth-order valence-corrected chi connectivity index (χ4v) is 3.85. The van der Waals surface area contributed by atoms with Crippen molar-refractivity contribution in [3.05, 3.63) is 56.9 Å². The number of carbonyl (C=O) groups excluding carboxylic acids is 1. The number of halogens is 5. The number of hydrogen-bond acceptors (Lipinski definition) is 3. The molecule has 0 radical (unpaired) electrons. The second kappa shape index (κ2) is 6.98. The lowest BCUT2D eigenvalue weighted by Crippen LogP contribution is -2.12.